The number of nitrogens with zero attached hydrogens (tertiary/aromatic N) is 3. The Kier molecular flexibility index (Phi) is 6.05. The molecule has 6 heteroatoms. The van der Waals surface area contributed by atoms with Gasteiger partial charge in [-0.2, -0.15) is 5.10 Å². The first-order valence-electron chi connectivity index (χ1n) is 8.65. The zero-order chi connectivity index (χ0) is 16.9. The number of likely N-dealkylation sites (tertiary alicyclic amines) is 1. The van der Waals surface area contributed by atoms with E-state index < -0.39 is 6.10 Å². The van der Waals surface area contributed by atoms with Gasteiger partial charge in [-0.25, -0.2) is 0 Å². The predicted molar refractivity (Wildman–Crippen MR) is 96.3 cm³/mol. The summed E-state index contributed by atoms with van der Waals surface area (Å²) in [6, 6.07) is 6.65. The van der Waals surface area contributed by atoms with Gasteiger partial charge in [0.05, 0.1) is 31.6 Å². The summed E-state index contributed by atoms with van der Waals surface area (Å²) in [6.45, 7) is 7.74. The van der Waals surface area contributed by atoms with Gasteiger partial charge in [0.25, 0.3) is 0 Å². The van der Waals surface area contributed by atoms with Gasteiger partial charge in [0.1, 0.15) is 0 Å². The molecule has 0 unspecified atom stereocenters. The van der Waals surface area contributed by atoms with Crippen molar-refractivity contribution in [1.29, 1.82) is 0 Å². The van der Waals surface area contributed by atoms with Gasteiger partial charge in [-0.1, -0.05) is 6.07 Å². The monoisotopic (exact) mass is 349 g/mol. The van der Waals surface area contributed by atoms with Crippen LogP contribution in [0.15, 0.2) is 23.6 Å². The van der Waals surface area contributed by atoms with Crippen LogP contribution in [0.2, 0.25) is 0 Å². The number of β-amino-alcohol motifs (C(OH)–C–C–N with tert-alkyl or cyclic N) is 1. The Balaban J connectivity index is 1.45. The van der Waals surface area contributed by atoms with Crippen molar-refractivity contribution in [2.24, 2.45) is 0 Å². The Morgan fingerprint density at radius 2 is 2.33 bits per heavy atom. The second-order valence-corrected chi connectivity index (χ2v) is 7.68. The standard InChI is InChI=1S/C18H27N3O2S/c1-14-9-15(2)21(19-14)10-16-5-3-7-20(16)11-17(22)12-23-13-18-6-4-8-24-18/h4,6,8-9,16-17,22H,3,5,7,10-13H2,1-2H3/t16-,17+/m1/s1. The fourth-order valence-electron chi connectivity index (χ4n) is 3.42. The third kappa shape index (κ3) is 4.66. The Bertz CT molecular complexity index is 626. The minimum Gasteiger partial charge on any atom is -0.389 e. The molecule has 0 saturated carbocycles. The molecule has 1 aliphatic rings. The van der Waals surface area contributed by atoms with Crippen LogP contribution in [0.25, 0.3) is 0 Å². The number of aliphatic hydroxyl groups excluding tert-OH is 1. The molecule has 0 aromatic carbocycles. The molecule has 132 valence electrons. The van der Waals surface area contributed by atoms with Crippen LogP contribution in [0.1, 0.15) is 29.1 Å². The van der Waals surface area contributed by atoms with E-state index in [4.69, 9.17) is 4.74 Å². The smallest absolute Gasteiger partial charge is 0.0900 e. The van der Waals surface area contributed by atoms with Crippen molar-refractivity contribution < 1.29 is 9.84 Å². The van der Waals surface area contributed by atoms with Gasteiger partial charge in [-0.3, -0.25) is 9.58 Å². The van der Waals surface area contributed by atoms with E-state index in [1.807, 2.05) is 18.4 Å². The highest BCUT2D eigenvalue weighted by Gasteiger charge is 2.27. The Hall–Kier alpha value is -1.21. The van der Waals surface area contributed by atoms with E-state index in [-0.39, 0.29) is 0 Å². The molecule has 0 radical (unpaired) electrons. The first kappa shape index (κ1) is 17.6. The number of ether oxygens (including phenoxy) is 1. The van der Waals surface area contributed by atoms with Gasteiger partial charge in [0.2, 0.25) is 0 Å². The average Bonchev–Trinajstić information content (AvgIpc) is 3.24. The maximum absolute atomic E-state index is 10.3. The Labute approximate surface area is 147 Å². The molecule has 0 aliphatic carbocycles. The fraction of sp³-hybridized carbons (Fsp3) is 0.611. The average molecular weight is 350 g/mol. The minimum atomic E-state index is -0.439. The predicted octanol–water partition coefficient (Wildman–Crippen LogP) is 2.60. The maximum atomic E-state index is 10.3. The molecule has 0 spiro atoms. The van der Waals surface area contributed by atoms with Crippen molar-refractivity contribution in [2.75, 3.05) is 19.7 Å². The molecule has 3 rings (SSSR count). The fourth-order valence-corrected chi connectivity index (χ4v) is 4.06. The summed E-state index contributed by atoms with van der Waals surface area (Å²) in [4.78, 5) is 3.58. The molecule has 0 amide bonds. The van der Waals surface area contributed by atoms with Gasteiger partial charge in [0.15, 0.2) is 0 Å². The van der Waals surface area contributed by atoms with Gasteiger partial charge in [-0.05, 0) is 50.7 Å². The van der Waals surface area contributed by atoms with Crippen LogP contribution >= 0.6 is 11.3 Å². The number of aliphatic hydroxyl groups is 1. The second kappa shape index (κ2) is 8.25. The lowest BCUT2D eigenvalue weighted by Crippen LogP contribution is -2.40. The van der Waals surface area contributed by atoms with Crippen molar-refractivity contribution in [3.05, 3.63) is 39.8 Å². The highest BCUT2D eigenvalue weighted by Crippen LogP contribution is 2.20. The molecule has 2 atom stereocenters. The molecule has 2 aromatic rings. The number of aryl methyl sites for hydroxylation is 2. The summed E-state index contributed by atoms with van der Waals surface area (Å²) >= 11 is 1.69. The van der Waals surface area contributed by atoms with Gasteiger partial charge >= 0.3 is 0 Å². The zero-order valence-corrected chi connectivity index (χ0v) is 15.3. The normalized spacial score (nSPS) is 19.9. The third-order valence-electron chi connectivity index (χ3n) is 4.57. The molecule has 1 aliphatic heterocycles. The van der Waals surface area contributed by atoms with Gasteiger partial charge in [0, 0.05) is 23.2 Å². The molecular formula is C18H27N3O2S. The van der Waals surface area contributed by atoms with Crippen molar-refractivity contribution in [3.63, 3.8) is 0 Å². The summed E-state index contributed by atoms with van der Waals surface area (Å²) in [5.41, 5.74) is 2.28. The molecular weight excluding hydrogens is 322 g/mol. The van der Waals surface area contributed by atoms with Crippen LogP contribution < -0.4 is 0 Å². The van der Waals surface area contributed by atoms with Crippen LogP contribution in [0.4, 0.5) is 0 Å². The van der Waals surface area contributed by atoms with Crippen LogP contribution in [0.5, 0.6) is 0 Å². The van der Waals surface area contributed by atoms with Gasteiger partial charge in [-0.15, -0.1) is 11.3 Å². The summed E-state index contributed by atoms with van der Waals surface area (Å²) in [7, 11) is 0. The lowest BCUT2D eigenvalue weighted by molar-refractivity contribution is 0.00737. The SMILES string of the molecule is Cc1cc(C)n(C[C@H]2CCCN2C[C@H](O)COCc2cccs2)n1. The quantitative estimate of drug-likeness (QED) is 0.796. The topological polar surface area (TPSA) is 50.5 Å². The van der Waals surface area contributed by atoms with E-state index in [0.29, 0.717) is 25.8 Å². The lowest BCUT2D eigenvalue weighted by Gasteiger charge is -2.27. The van der Waals surface area contributed by atoms with E-state index in [2.05, 4.69) is 33.7 Å². The third-order valence-corrected chi connectivity index (χ3v) is 5.42. The Morgan fingerprint density at radius 1 is 1.46 bits per heavy atom. The number of aromatic nitrogens is 2. The van der Waals surface area contributed by atoms with Crippen LogP contribution in [-0.4, -0.2) is 51.6 Å². The van der Waals surface area contributed by atoms with E-state index in [1.54, 1.807) is 11.3 Å². The van der Waals surface area contributed by atoms with Crippen LogP contribution in [-0.2, 0) is 17.9 Å². The van der Waals surface area contributed by atoms with E-state index in [1.165, 1.54) is 23.4 Å². The largest absolute Gasteiger partial charge is 0.389 e. The zero-order valence-electron chi connectivity index (χ0n) is 14.5. The first-order valence-corrected chi connectivity index (χ1v) is 9.53. The van der Waals surface area contributed by atoms with Crippen LogP contribution in [0, 0.1) is 13.8 Å². The van der Waals surface area contributed by atoms with Gasteiger partial charge < -0.3 is 9.84 Å². The molecule has 24 heavy (non-hydrogen) atoms. The van der Waals surface area contributed by atoms with E-state index in [9.17, 15) is 5.11 Å². The summed E-state index contributed by atoms with van der Waals surface area (Å²) < 4.78 is 7.74. The number of rotatable bonds is 8. The highest BCUT2D eigenvalue weighted by atomic mass is 32.1. The Morgan fingerprint density at radius 3 is 3.04 bits per heavy atom. The summed E-state index contributed by atoms with van der Waals surface area (Å²) in [6.07, 6.45) is 1.92. The molecule has 0 bridgehead atoms. The van der Waals surface area contributed by atoms with E-state index >= 15 is 0 Å². The van der Waals surface area contributed by atoms with Crippen LogP contribution in [0.3, 0.4) is 0 Å². The summed E-state index contributed by atoms with van der Waals surface area (Å²) in [5.74, 6) is 0. The number of hydrogen-bond donors (Lipinski definition) is 1. The number of thiophene rings is 1. The maximum Gasteiger partial charge on any atom is 0.0900 e. The molecule has 1 fully saturated rings. The molecule has 1 saturated heterocycles. The van der Waals surface area contributed by atoms with Crippen molar-refractivity contribution in [3.8, 4) is 0 Å². The lowest BCUT2D eigenvalue weighted by atomic mass is 10.2. The molecule has 3 heterocycles. The highest BCUT2D eigenvalue weighted by molar-refractivity contribution is 7.09. The first-order chi connectivity index (χ1) is 11.6. The van der Waals surface area contributed by atoms with Crippen molar-refractivity contribution in [1.82, 2.24) is 14.7 Å². The van der Waals surface area contributed by atoms with Crippen molar-refractivity contribution in [2.45, 2.75) is 52.0 Å². The van der Waals surface area contributed by atoms with E-state index in [0.717, 1.165) is 18.8 Å². The molecule has 2 aromatic heterocycles. The second-order valence-electron chi connectivity index (χ2n) is 6.65. The number of hydrogen-bond acceptors (Lipinski definition) is 5. The van der Waals surface area contributed by atoms with Crippen molar-refractivity contribution >= 4 is 11.3 Å². The molecule has 5 nitrogen and oxygen atoms in total. The minimum absolute atomic E-state index is 0.390. The molecule has 1 N–H and O–H groups in total. The summed E-state index contributed by atoms with van der Waals surface area (Å²) in [5, 5.41) is 16.9.